The Kier molecular flexibility index (Phi) is 11.0. The lowest BCUT2D eigenvalue weighted by atomic mass is 9.90. The van der Waals surface area contributed by atoms with Gasteiger partial charge >= 0.3 is 0 Å². The van der Waals surface area contributed by atoms with E-state index in [0.29, 0.717) is 22.9 Å². The Labute approximate surface area is 242 Å². The van der Waals surface area contributed by atoms with Gasteiger partial charge in [-0.05, 0) is 82.4 Å². The molecule has 0 spiro atoms. The number of nitrogens with one attached hydrogen (secondary N) is 2. The quantitative estimate of drug-likeness (QED) is 0.279. The van der Waals surface area contributed by atoms with Crippen molar-refractivity contribution in [2.45, 2.75) is 52.5 Å². The van der Waals surface area contributed by atoms with Crippen molar-refractivity contribution in [3.05, 3.63) is 88.5 Å². The summed E-state index contributed by atoms with van der Waals surface area (Å²) in [5.41, 5.74) is 4.29. The molecule has 4 aromatic rings. The molecule has 7 nitrogen and oxygen atoms in total. The highest BCUT2D eigenvalue weighted by Crippen LogP contribution is 2.33. The summed E-state index contributed by atoms with van der Waals surface area (Å²) >= 11 is 6.21. The zero-order valence-electron chi connectivity index (χ0n) is 24.5. The minimum atomic E-state index is -0.775. The number of aromatic nitrogens is 1. The second kappa shape index (κ2) is 14.2. The number of fused-ring (bicyclic) bond motifs is 2. The molecule has 5 rings (SSSR count). The summed E-state index contributed by atoms with van der Waals surface area (Å²) < 4.78 is 5.32. The van der Waals surface area contributed by atoms with Crippen LogP contribution in [0.25, 0.3) is 10.9 Å². The van der Waals surface area contributed by atoms with E-state index in [1.807, 2.05) is 89.4 Å². The number of amides is 2. The number of furan rings is 1. The van der Waals surface area contributed by atoms with Crippen molar-refractivity contribution in [3.8, 4) is 0 Å². The molecule has 8 heteroatoms. The Morgan fingerprint density at radius 2 is 1.80 bits per heavy atom. The van der Waals surface area contributed by atoms with Crippen molar-refractivity contribution in [2.24, 2.45) is 0 Å². The fraction of sp³-hybridized carbons (Fsp3) is 0.375. The van der Waals surface area contributed by atoms with Crippen LogP contribution >= 0.6 is 11.6 Å². The van der Waals surface area contributed by atoms with Crippen LogP contribution in [0, 0.1) is 6.92 Å². The monoisotopic (exact) mass is 564 g/mol. The van der Waals surface area contributed by atoms with Crippen molar-refractivity contribution in [2.75, 3.05) is 32.6 Å². The van der Waals surface area contributed by atoms with Gasteiger partial charge in [-0.15, -0.1) is 0 Å². The number of H-pyrrole nitrogens is 1. The fourth-order valence-electron chi connectivity index (χ4n) is 4.85. The first-order valence-electron chi connectivity index (χ1n) is 13.8. The first kappa shape index (κ1) is 31.0. The van der Waals surface area contributed by atoms with Crippen LogP contribution in [0.5, 0.6) is 0 Å². The number of hydrogen-bond acceptors (Lipinski definition) is 4. The average Bonchev–Trinajstić information content (AvgIpc) is 3.57. The molecule has 0 saturated heterocycles. The Bertz CT molecular complexity index is 1420. The summed E-state index contributed by atoms with van der Waals surface area (Å²) in [5, 5.41) is 4.71. The van der Waals surface area contributed by atoms with E-state index in [1.165, 1.54) is 6.26 Å². The van der Waals surface area contributed by atoms with Gasteiger partial charge in [-0.3, -0.25) is 9.59 Å². The topological polar surface area (TPSA) is 81.6 Å². The van der Waals surface area contributed by atoms with Crippen LogP contribution < -0.4 is 10.2 Å². The fourth-order valence-corrected chi connectivity index (χ4v) is 5.05. The number of carbonyl (C=O) groups is 2. The lowest BCUT2D eigenvalue weighted by Crippen LogP contribution is -2.52. The zero-order valence-corrected chi connectivity index (χ0v) is 25.3. The summed E-state index contributed by atoms with van der Waals surface area (Å²) in [5.74, 6) is -0.237. The van der Waals surface area contributed by atoms with Gasteiger partial charge in [-0.2, -0.15) is 0 Å². The molecule has 40 heavy (non-hydrogen) atoms. The third kappa shape index (κ3) is 7.14. The third-order valence-electron chi connectivity index (χ3n) is 6.69. The van der Waals surface area contributed by atoms with Gasteiger partial charge in [0, 0.05) is 40.3 Å². The van der Waals surface area contributed by atoms with Crippen molar-refractivity contribution in [1.29, 1.82) is 0 Å². The lowest BCUT2D eigenvalue weighted by molar-refractivity contribution is -0.121. The molecule has 0 bridgehead atoms. The van der Waals surface area contributed by atoms with Crippen LogP contribution in [0.4, 0.5) is 5.69 Å². The molecule has 2 N–H and O–H groups in total. The van der Waals surface area contributed by atoms with E-state index in [0.717, 1.165) is 40.6 Å². The first-order valence-corrected chi connectivity index (χ1v) is 14.2. The number of hydrogen-bond donors (Lipinski definition) is 2. The molecule has 0 saturated carbocycles. The van der Waals surface area contributed by atoms with Crippen LogP contribution in [0.1, 0.15) is 60.4 Å². The smallest absolute Gasteiger partial charge is 0.255 e. The number of rotatable bonds is 5. The van der Waals surface area contributed by atoms with E-state index < -0.39 is 6.04 Å². The van der Waals surface area contributed by atoms with Crippen LogP contribution in [0.2, 0.25) is 5.02 Å². The van der Waals surface area contributed by atoms with E-state index in [9.17, 15) is 9.59 Å². The normalized spacial score (nSPS) is 13.9. The molecule has 0 radical (unpaired) electrons. The molecule has 2 atom stereocenters. The molecule has 2 unspecified atom stereocenters. The van der Waals surface area contributed by atoms with Crippen molar-refractivity contribution in [1.82, 2.24) is 15.2 Å². The third-order valence-corrected chi connectivity index (χ3v) is 6.93. The SMILES string of the molecule is CC.CN(C)C.Cc1occc1C(=O)NC(C(=O)N1CCCc2cc(Cl)ccc21)C(C)c1c[nH]c2ccccc12. The molecule has 214 valence electrons. The molecule has 2 aromatic carbocycles. The van der Waals surface area contributed by atoms with E-state index in [-0.39, 0.29) is 17.7 Å². The maximum Gasteiger partial charge on any atom is 0.255 e. The predicted octanol–water partition coefficient (Wildman–Crippen LogP) is 6.81. The molecular formula is C32H41ClN4O3. The Hall–Kier alpha value is -3.55. The lowest BCUT2D eigenvalue weighted by Gasteiger charge is -2.34. The number of para-hydroxylation sites is 1. The molecule has 2 amide bonds. The molecule has 3 heterocycles. The highest BCUT2D eigenvalue weighted by atomic mass is 35.5. The second-order valence-corrected chi connectivity index (χ2v) is 10.6. The minimum absolute atomic E-state index is 0.143. The van der Waals surface area contributed by atoms with Gasteiger partial charge in [0.1, 0.15) is 11.8 Å². The van der Waals surface area contributed by atoms with Crippen LogP contribution in [-0.4, -0.2) is 55.4 Å². The van der Waals surface area contributed by atoms with Crippen molar-refractivity contribution < 1.29 is 14.0 Å². The standard InChI is InChI=1S/C27H26ClN3O3.C3H9N.C2H6/c1-16(22-15-29-23-8-4-3-7-21(22)23)25(30-26(32)20-11-13-34-17(20)2)27(33)31-12-5-6-18-14-19(28)9-10-24(18)31;1-4(2)3;1-2/h3-4,7-11,13-16,25,29H,5-6,12H2,1-2H3,(H,30,32);1-3H3;1-2H3. The van der Waals surface area contributed by atoms with Gasteiger partial charge in [-0.25, -0.2) is 0 Å². The Morgan fingerprint density at radius 1 is 1.10 bits per heavy atom. The van der Waals surface area contributed by atoms with Crippen LogP contribution in [0.3, 0.4) is 0 Å². The van der Waals surface area contributed by atoms with Crippen molar-refractivity contribution >= 4 is 40.0 Å². The summed E-state index contributed by atoms with van der Waals surface area (Å²) in [4.78, 5) is 34.3. The Morgan fingerprint density at radius 3 is 2.48 bits per heavy atom. The number of halogens is 1. The van der Waals surface area contributed by atoms with E-state index in [2.05, 4.69) is 10.3 Å². The van der Waals surface area contributed by atoms with Crippen LogP contribution in [0.15, 0.2) is 65.4 Å². The molecule has 0 fully saturated rings. The van der Waals surface area contributed by atoms with E-state index in [1.54, 1.807) is 24.0 Å². The van der Waals surface area contributed by atoms with Gasteiger partial charge in [0.05, 0.1) is 11.8 Å². The van der Waals surface area contributed by atoms with Gasteiger partial charge in [0.25, 0.3) is 5.91 Å². The number of anilines is 1. The van der Waals surface area contributed by atoms with E-state index in [4.69, 9.17) is 16.0 Å². The zero-order chi connectivity index (χ0) is 29.4. The van der Waals surface area contributed by atoms with Crippen molar-refractivity contribution in [3.63, 3.8) is 0 Å². The summed E-state index contributed by atoms with van der Waals surface area (Å²) in [6, 6.07) is 14.4. The second-order valence-electron chi connectivity index (χ2n) is 10.1. The summed E-state index contributed by atoms with van der Waals surface area (Å²) in [7, 11) is 6.00. The molecular weight excluding hydrogens is 524 g/mol. The summed E-state index contributed by atoms with van der Waals surface area (Å²) in [6.45, 7) is 8.30. The number of nitrogens with zero attached hydrogens (tertiary/aromatic N) is 2. The number of carbonyl (C=O) groups excluding carboxylic acids is 2. The highest BCUT2D eigenvalue weighted by molar-refractivity contribution is 6.30. The molecule has 1 aliphatic heterocycles. The average molecular weight is 565 g/mol. The maximum absolute atomic E-state index is 14.1. The number of aryl methyl sites for hydroxylation is 2. The predicted molar refractivity (Wildman–Crippen MR) is 164 cm³/mol. The molecule has 1 aliphatic rings. The van der Waals surface area contributed by atoms with Gasteiger partial charge < -0.3 is 24.5 Å². The minimum Gasteiger partial charge on any atom is -0.469 e. The Balaban J connectivity index is 0.000000677. The molecule has 2 aromatic heterocycles. The van der Waals surface area contributed by atoms with Crippen LogP contribution in [-0.2, 0) is 11.2 Å². The number of benzene rings is 2. The van der Waals surface area contributed by atoms with E-state index >= 15 is 0 Å². The van der Waals surface area contributed by atoms with Gasteiger partial charge in [0.15, 0.2) is 0 Å². The number of aromatic amines is 1. The molecule has 0 aliphatic carbocycles. The summed E-state index contributed by atoms with van der Waals surface area (Å²) in [6.07, 6.45) is 5.11. The van der Waals surface area contributed by atoms with Gasteiger partial charge in [-0.1, -0.05) is 50.6 Å². The largest absolute Gasteiger partial charge is 0.469 e. The maximum atomic E-state index is 14.1. The first-order chi connectivity index (χ1) is 19.2. The van der Waals surface area contributed by atoms with Gasteiger partial charge in [0.2, 0.25) is 5.91 Å². The highest BCUT2D eigenvalue weighted by Gasteiger charge is 2.35.